The van der Waals surface area contributed by atoms with E-state index in [9.17, 15) is 0 Å². The minimum absolute atomic E-state index is 0. The van der Waals surface area contributed by atoms with Crippen LogP contribution in [0.4, 0.5) is 0 Å². The van der Waals surface area contributed by atoms with Crippen molar-refractivity contribution >= 4 is 41.7 Å². The Labute approximate surface area is 174 Å². The third kappa shape index (κ3) is 8.89. The van der Waals surface area contributed by atoms with Gasteiger partial charge in [-0.1, -0.05) is 0 Å². The molecule has 0 spiro atoms. The molecule has 0 fully saturated rings. The maximum atomic E-state index is 5.48. The maximum absolute atomic E-state index is 5.48. The molecule has 0 saturated heterocycles. The van der Waals surface area contributed by atoms with Gasteiger partial charge in [0.25, 0.3) is 0 Å². The molecule has 1 rings (SSSR count). The average molecular weight is 481 g/mol. The Bertz CT molecular complexity index is 515. The molecule has 1 aromatic carbocycles. The molecule has 0 atom stereocenters. The lowest BCUT2D eigenvalue weighted by Gasteiger charge is -2.23. The van der Waals surface area contributed by atoms with Crippen LogP contribution in [-0.4, -0.2) is 57.2 Å². The van der Waals surface area contributed by atoms with Crippen LogP contribution in [0, 0.1) is 0 Å². The van der Waals surface area contributed by atoms with E-state index in [2.05, 4.69) is 23.4 Å². The summed E-state index contributed by atoms with van der Waals surface area (Å²) >= 11 is 1.89. The summed E-state index contributed by atoms with van der Waals surface area (Å²) < 4.78 is 10.7. The number of benzene rings is 1. The summed E-state index contributed by atoms with van der Waals surface area (Å²) in [4.78, 5) is 6.85. The standard InChI is InChI=1S/C18H31N3O2S.HI/c1-6-19-18(20-11-7-8-12-24-5)21(2)14-15-9-10-16(22-3)13-17(15)23-4;/h9-10,13H,6-8,11-12,14H2,1-5H3,(H,19,20);1H. The number of guanidine groups is 1. The Balaban J connectivity index is 0.00000576. The number of ether oxygens (including phenoxy) is 2. The maximum Gasteiger partial charge on any atom is 0.193 e. The minimum Gasteiger partial charge on any atom is -0.497 e. The number of nitrogens with one attached hydrogen (secondary N) is 1. The highest BCUT2D eigenvalue weighted by Gasteiger charge is 2.11. The molecule has 0 radical (unpaired) electrons. The van der Waals surface area contributed by atoms with E-state index in [1.54, 1.807) is 14.2 Å². The van der Waals surface area contributed by atoms with Gasteiger partial charge in [0, 0.05) is 38.3 Å². The van der Waals surface area contributed by atoms with Gasteiger partial charge in [-0.2, -0.15) is 11.8 Å². The quantitative estimate of drug-likeness (QED) is 0.238. The van der Waals surface area contributed by atoms with Gasteiger partial charge in [-0.3, -0.25) is 4.99 Å². The number of nitrogens with zero attached hydrogens (tertiary/aromatic N) is 2. The number of thioether (sulfide) groups is 1. The molecule has 0 aliphatic heterocycles. The highest BCUT2D eigenvalue weighted by atomic mass is 127. The normalized spacial score (nSPS) is 10.8. The van der Waals surface area contributed by atoms with Crippen LogP contribution in [0.2, 0.25) is 0 Å². The SMILES string of the molecule is CCNC(=NCCCCSC)N(C)Cc1ccc(OC)cc1OC.I. The van der Waals surface area contributed by atoms with E-state index < -0.39 is 0 Å². The minimum atomic E-state index is 0. The first-order valence-electron chi connectivity index (χ1n) is 8.35. The van der Waals surface area contributed by atoms with E-state index in [0.717, 1.165) is 49.1 Å². The fourth-order valence-electron chi connectivity index (χ4n) is 2.33. The zero-order chi connectivity index (χ0) is 17.8. The summed E-state index contributed by atoms with van der Waals surface area (Å²) in [6.07, 6.45) is 4.47. The molecule has 0 aliphatic rings. The fraction of sp³-hybridized carbons (Fsp3) is 0.611. The molecule has 0 amide bonds. The molecule has 0 aromatic heterocycles. The van der Waals surface area contributed by atoms with Crippen LogP contribution >= 0.6 is 35.7 Å². The van der Waals surface area contributed by atoms with Crippen molar-refractivity contribution in [3.63, 3.8) is 0 Å². The first-order valence-corrected chi connectivity index (χ1v) is 9.74. The van der Waals surface area contributed by atoms with Crippen LogP contribution in [0.3, 0.4) is 0 Å². The first-order chi connectivity index (χ1) is 11.7. The van der Waals surface area contributed by atoms with E-state index in [1.165, 1.54) is 12.2 Å². The lowest BCUT2D eigenvalue weighted by molar-refractivity contribution is 0.382. The number of unbranched alkanes of at least 4 members (excludes halogenated alkanes) is 1. The van der Waals surface area contributed by atoms with Gasteiger partial charge in [-0.25, -0.2) is 0 Å². The molecule has 0 unspecified atom stereocenters. The van der Waals surface area contributed by atoms with Gasteiger partial charge in [0.2, 0.25) is 0 Å². The summed E-state index contributed by atoms with van der Waals surface area (Å²) in [6.45, 7) is 4.52. The van der Waals surface area contributed by atoms with Gasteiger partial charge < -0.3 is 19.7 Å². The van der Waals surface area contributed by atoms with E-state index in [-0.39, 0.29) is 24.0 Å². The Hall–Kier alpha value is -0.830. The second-order valence-electron chi connectivity index (χ2n) is 5.47. The van der Waals surface area contributed by atoms with Crippen LogP contribution in [0.5, 0.6) is 11.5 Å². The van der Waals surface area contributed by atoms with Gasteiger partial charge in [0.05, 0.1) is 14.2 Å². The summed E-state index contributed by atoms with van der Waals surface area (Å²) in [5.41, 5.74) is 1.11. The summed E-state index contributed by atoms with van der Waals surface area (Å²) in [7, 11) is 5.39. The molecule has 25 heavy (non-hydrogen) atoms. The summed E-state index contributed by atoms with van der Waals surface area (Å²) in [5, 5.41) is 3.36. The molecule has 0 saturated carbocycles. The molecule has 0 heterocycles. The highest BCUT2D eigenvalue weighted by Crippen LogP contribution is 2.25. The Morgan fingerprint density at radius 1 is 1.24 bits per heavy atom. The Morgan fingerprint density at radius 3 is 2.60 bits per heavy atom. The number of halogens is 1. The second kappa shape index (κ2) is 14.4. The van der Waals surface area contributed by atoms with Crippen LogP contribution < -0.4 is 14.8 Å². The van der Waals surface area contributed by atoms with Crippen molar-refractivity contribution in [1.29, 1.82) is 0 Å². The third-order valence-electron chi connectivity index (χ3n) is 3.62. The lowest BCUT2D eigenvalue weighted by atomic mass is 10.2. The zero-order valence-corrected chi connectivity index (χ0v) is 19.1. The molecule has 1 aromatic rings. The van der Waals surface area contributed by atoms with Crippen molar-refractivity contribution < 1.29 is 9.47 Å². The van der Waals surface area contributed by atoms with E-state index in [4.69, 9.17) is 14.5 Å². The number of hydrogen-bond acceptors (Lipinski definition) is 4. The summed E-state index contributed by atoms with van der Waals surface area (Å²) in [5.74, 6) is 3.76. The molecular formula is C18H32IN3O2S. The first kappa shape index (κ1) is 24.2. The largest absolute Gasteiger partial charge is 0.497 e. The predicted octanol–water partition coefficient (Wildman–Crippen LogP) is 3.86. The van der Waals surface area contributed by atoms with Gasteiger partial charge in [-0.15, -0.1) is 24.0 Å². The van der Waals surface area contributed by atoms with Crippen LogP contribution in [-0.2, 0) is 6.54 Å². The molecule has 1 N–H and O–H groups in total. The molecule has 0 aliphatic carbocycles. The highest BCUT2D eigenvalue weighted by molar-refractivity contribution is 14.0. The Morgan fingerprint density at radius 2 is 2.00 bits per heavy atom. The van der Waals surface area contributed by atoms with Crippen molar-refractivity contribution in [2.45, 2.75) is 26.3 Å². The van der Waals surface area contributed by atoms with E-state index >= 15 is 0 Å². The molecule has 7 heteroatoms. The lowest BCUT2D eigenvalue weighted by Crippen LogP contribution is -2.38. The molecule has 0 bridgehead atoms. The summed E-state index contributed by atoms with van der Waals surface area (Å²) in [6, 6.07) is 5.91. The van der Waals surface area contributed by atoms with Crippen molar-refractivity contribution in [2.24, 2.45) is 4.99 Å². The average Bonchev–Trinajstić information content (AvgIpc) is 2.60. The number of aliphatic imine (C=N–C) groups is 1. The van der Waals surface area contributed by atoms with Crippen molar-refractivity contribution in [3.05, 3.63) is 23.8 Å². The topological polar surface area (TPSA) is 46.1 Å². The van der Waals surface area contributed by atoms with Crippen molar-refractivity contribution in [2.75, 3.05) is 46.4 Å². The van der Waals surface area contributed by atoms with Crippen molar-refractivity contribution in [1.82, 2.24) is 10.2 Å². The monoisotopic (exact) mass is 481 g/mol. The van der Waals surface area contributed by atoms with Crippen LogP contribution in [0.1, 0.15) is 25.3 Å². The zero-order valence-electron chi connectivity index (χ0n) is 16.0. The van der Waals surface area contributed by atoms with E-state index in [1.807, 2.05) is 37.0 Å². The Kier molecular flexibility index (Phi) is 13.9. The molecule has 5 nitrogen and oxygen atoms in total. The third-order valence-corrected chi connectivity index (χ3v) is 4.31. The van der Waals surface area contributed by atoms with Crippen LogP contribution in [0.25, 0.3) is 0 Å². The van der Waals surface area contributed by atoms with Gasteiger partial charge in [-0.05, 0) is 43.9 Å². The van der Waals surface area contributed by atoms with Crippen molar-refractivity contribution in [3.8, 4) is 11.5 Å². The molecular weight excluding hydrogens is 449 g/mol. The molecule has 144 valence electrons. The number of hydrogen-bond donors (Lipinski definition) is 1. The number of rotatable bonds is 10. The van der Waals surface area contributed by atoms with Gasteiger partial charge in [0.15, 0.2) is 5.96 Å². The number of methoxy groups -OCH3 is 2. The fourth-order valence-corrected chi connectivity index (χ4v) is 2.82. The van der Waals surface area contributed by atoms with Crippen LogP contribution in [0.15, 0.2) is 23.2 Å². The second-order valence-corrected chi connectivity index (χ2v) is 6.46. The van der Waals surface area contributed by atoms with Gasteiger partial charge >= 0.3 is 0 Å². The van der Waals surface area contributed by atoms with E-state index in [0.29, 0.717) is 0 Å². The van der Waals surface area contributed by atoms with Gasteiger partial charge in [0.1, 0.15) is 11.5 Å². The smallest absolute Gasteiger partial charge is 0.193 e. The predicted molar refractivity (Wildman–Crippen MR) is 120 cm³/mol.